The molecule has 0 spiro atoms. The summed E-state index contributed by atoms with van der Waals surface area (Å²) in [5.74, 6) is -1.41. The van der Waals surface area contributed by atoms with Crippen molar-refractivity contribution in [3.05, 3.63) is 45.4 Å². The third kappa shape index (κ3) is 3.89. The van der Waals surface area contributed by atoms with Crippen molar-refractivity contribution in [3.63, 3.8) is 0 Å². The standard InChI is InChI=1S/C16H17BN2O5S/c18-7-14-19-11(8-25-14)6-12(20)5-10-4-9-2-1-3-13(16(21)22)15(9)24-17(10)23/h1-3,8,10,23H,4-7,18H2,(H,21,22)/t10-/m1/s1. The number of carbonyl (C=O) groups is 2. The Morgan fingerprint density at radius 2 is 2.24 bits per heavy atom. The van der Waals surface area contributed by atoms with Crippen molar-refractivity contribution in [2.45, 2.75) is 31.6 Å². The number of para-hydroxylation sites is 1. The second-order valence-corrected chi connectivity index (χ2v) is 6.87. The number of Topliss-reactive ketones (excluding diaryl/α,β-unsaturated/α-hetero) is 1. The van der Waals surface area contributed by atoms with Gasteiger partial charge in [-0.1, -0.05) is 12.1 Å². The van der Waals surface area contributed by atoms with Crippen LogP contribution in [-0.4, -0.2) is 34.0 Å². The number of hydrogen-bond acceptors (Lipinski definition) is 7. The Morgan fingerprint density at radius 1 is 1.44 bits per heavy atom. The zero-order valence-electron chi connectivity index (χ0n) is 13.3. The summed E-state index contributed by atoms with van der Waals surface area (Å²) in [6.45, 7) is 0.344. The van der Waals surface area contributed by atoms with Crippen LogP contribution in [0.25, 0.3) is 0 Å². The van der Waals surface area contributed by atoms with Gasteiger partial charge in [0.1, 0.15) is 16.5 Å². The van der Waals surface area contributed by atoms with Gasteiger partial charge in [-0.3, -0.25) is 4.79 Å². The van der Waals surface area contributed by atoms with Gasteiger partial charge in [0.15, 0.2) is 0 Å². The Bertz CT molecular complexity index is 810. The van der Waals surface area contributed by atoms with E-state index in [1.54, 1.807) is 12.1 Å². The van der Waals surface area contributed by atoms with Gasteiger partial charge in [-0.25, -0.2) is 9.78 Å². The Hall–Kier alpha value is -2.23. The van der Waals surface area contributed by atoms with Crippen molar-refractivity contribution < 1.29 is 24.4 Å². The largest absolute Gasteiger partial charge is 0.535 e. The number of ketones is 1. The zero-order valence-corrected chi connectivity index (χ0v) is 14.2. The Morgan fingerprint density at radius 3 is 2.92 bits per heavy atom. The quantitative estimate of drug-likeness (QED) is 0.663. The molecule has 0 fully saturated rings. The summed E-state index contributed by atoms with van der Waals surface area (Å²) in [6, 6.07) is 4.81. The third-order valence-electron chi connectivity index (χ3n) is 4.09. The number of benzene rings is 1. The molecule has 0 saturated heterocycles. The predicted octanol–water partition coefficient (Wildman–Crippen LogP) is 1.29. The Balaban J connectivity index is 1.68. The lowest BCUT2D eigenvalue weighted by molar-refractivity contribution is -0.118. The highest BCUT2D eigenvalue weighted by atomic mass is 32.1. The van der Waals surface area contributed by atoms with Gasteiger partial charge in [-0.15, -0.1) is 11.3 Å². The molecule has 25 heavy (non-hydrogen) atoms. The number of hydrogen-bond donors (Lipinski definition) is 3. The number of fused-ring (bicyclic) bond motifs is 1. The maximum atomic E-state index is 12.3. The fraction of sp³-hybridized carbons (Fsp3) is 0.312. The zero-order chi connectivity index (χ0) is 18.0. The van der Waals surface area contributed by atoms with Gasteiger partial charge < -0.3 is 20.5 Å². The molecule has 130 valence electrons. The highest BCUT2D eigenvalue weighted by Crippen LogP contribution is 2.36. The van der Waals surface area contributed by atoms with Crippen LogP contribution in [0.4, 0.5) is 0 Å². The molecule has 0 saturated carbocycles. The summed E-state index contributed by atoms with van der Waals surface area (Å²) >= 11 is 1.42. The summed E-state index contributed by atoms with van der Waals surface area (Å²) in [7, 11) is -1.22. The van der Waals surface area contributed by atoms with Crippen LogP contribution in [0, 0.1) is 0 Å². The second-order valence-electron chi connectivity index (χ2n) is 5.93. The summed E-state index contributed by atoms with van der Waals surface area (Å²) < 4.78 is 5.40. The lowest BCUT2D eigenvalue weighted by Gasteiger charge is -2.27. The van der Waals surface area contributed by atoms with Crippen molar-refractivity contribution in [2.24, 2.45) is 5.73 Å². The maximum absolute atomic E-state index is 12.3. The molecule has 7 nitrogen and oxygen atoms in total. The number of aromatic carboxylic acids is 1. The first kappa shape index (κ1) is 17.6. The van der Waals surface area contributed by atoms with Gasteiger partial charge in [-0.05, 0) is 18.1 Å². The van der Waals surface area contributed by atoms with Crippen molar-refractivity contribution in [2.75, 3.05) is 0 Å². The fourth-order valence-electron chi connectivity index (χ4n) is 2.92. The molecule has 4 N–H and O–H groups in total. The first-order valence-corrected chi connectivity index (χ1v) is 8.71. The molecule has 3 rings (SSSR count). The molecule has 1 atom stereocenters. The first-order chi connectivity index (χ1) is 12.0. The SMILES string of the molecule is NCc1nc(CC(=O)C[C@H]2Cc3cccc(C(=O)O)c3OB2O)cs1. The van der Waals surface area contributed by atoms with Gasteiger partial charge in [-0.2, -0.15) is 0 Å². The van der Waals surface area contributed by atoms with Crippen LogP contribution < -0.4 is 10.4 Å². The van der Waals surface area contributed by atoms with E-state index in [1.165, 1.54) is 17.4 Å². The summed E-state index contributed by atoms with van der Waals surface area (Å²) in [6.07, 6.45) is 0.698. The highest BCUT2D eigenvalue weighted by molar-refractivity contribution is 7.09. The monoisotopic (exact) mass is 360 g/mol. The number of rotatable bonds is 6. The number of nitrogens with zero attached hydrogens (tertiary/aromatic N) is 1. The smallest absolute Gasteiger partial charge is 0.526 e. The summed E-state index contributed by atoms with van der Waals surface area (Å²) in [5, 5.41) is 22.0. The van der Waals surface area contributed by atoms with Gasteiger partial charge in [0.2, 0.25) is 0 Å². The maximum Gasteiger partial charge on any atom is 0.526 e. The average molecular weight is 360 g/mol. The molecule has 1 aliphatic rings. The minimum absolute atomic E-state index is 0.0121. The van der Waals surface area contributed by atoms with Gasteiger partial charge in [0, 0.05) is 30.6 Å². The molecule has 1 aliphatic heterocycles. The van der Waals surface area contributed by atoms with E-state index >= 15 is 0 Å². The molecule has 0 unspecified atom stereocenters. The van der Waals surface area contributed by atoms with Gasteiger partial charge in [0.25, 0.3) is 0 Å². The van der Waals surface area contributed by atoms with Crippen LogP contribution in [0.3, 0.4) is 0 Å². The van der Waals surface area contributed by atoms with Crippen LogP contribution in [0.15, 0.2) is 23.6 Å². The van der Waals surface area contributed by atoms with Crippen molar-refractivity contribution in [1.29, 1.82) is 0 Å². The van der Waals surface area contributed by atoms with E-state index in [1.807, 2.05) is 5.38 Å². The topological polar surface area (TPSA) is 123 Å². The van der Waals surface area contributed by atoms with Crippen LogP contribution in [0.2, 0.25) is 5.82 Å². The molecule has 0 amide bonds. The van der Waals surface area contributed by atoms with Crippen molar-refractivity contribution in [1.82, 2.24) is 4.98 Å². The predicted molar refractivity (Wildman–Crippen MR) is 92.8 cm³/mol. The van der Waals surface area contributed by atoms with Crippen molar-refractivity contribution >= 4 is 30.2 Å². The molecule has 0 aliphatic carbocycles. The van der Waals surface area contributed by atoms with Crippen LogP contribution in [0.1, 0.15) is 33.0 Å². The van der Waals surface area contributed by atoms with E-state index in [2.05, 4.69) is 4.98 Å². The first-order valence-electron chi connectivity index (χ1n) is 7.83. The van der Waals surface area contributed by atoms with E-state index in [4.69, 9.17) is 10.4 Å². The van der Waals surface area contributed by atoms with Crippen LogP contribution in [0.5, 0.6) is 5.75 Å². The Kier molecular flexibility index (Phi) is 5.17. The minimum Gasteiger partial charge on any atom is -0.535 e. The average Bonchev–Trinajstić information content (AvgIpc) is 3.02. The lowest BCUT2D eigenvalue weighted by atomic mass is 9.64. The van der Waals surface area contributed by atoms with E-state index in [0.29, 0.717) is 24.2 Å². The number of carbonyl (C=O) groups excluding carboxylic acids is 1. The number of carboxylic acids is 1. The number of nitrogens with two attached hydrogens (primary N) is 1. The minimum atomic E-state index is -1.22. The lowest BCUT2D eigenvalue weighted by Crippen LogP contribution is -2.36. The number of thiazole rings is 1. The molecule has 2 heterocycles. The van der Waals surface area contributed by atoms with E-state index < -0.39 is 18.9 Å². The third-order valence-corrected chi connectivity index (χ3v) is 5.01. The molecular formula is C16H17BN2O5S. The summed E-state index contributed by atoms with van der Waals surface area (Å²) in [4.78, 5) is 27.8. The second kappa shape index (κ2) is 7.34. The van der Waals surface area contributed by atoms with Crippen molar-refractivity contribution in [3.8, 4) is 5.75 Å². The fourth-order valence-corrected chi connectivity index (χ4v) is 3.59. The molecule has 0 bridgehead atoms. The normalized spacial score (nSPS) is 16.2. The highest BCUT2D eigenvalue weighted by Gasteiger charge is 2.37. The van der Waals surface area contributed by atoms with E-state index in [-0.39, 0.29) is 29.9 Å². The molecule has 2 aromatic rings. The van der Waals surface area contributed by atoms with Gasteiger partial charge in [0.05, 0.1) is 11.3 Å². The molecule has 1 aromatic heterocycles. The number of aromatic nitrogens is 1. The molecular weight excluding hydrogens is 343 g/mol. The van der Waals surface area contributed by atoms with E-state index in [9.17, 15) is 19.7 Å². The van der Waals surface area contributed by atoms with Crippen LogP contribution in [-0.2, 0) is 24.2 Å². The molecule has 9 heteroatoms. The Labute approximate surface area is 148 Å². The number of carboxylic acid groups (broad SMARTS) is 1. The van der Waals surface area contributed by atoms with Crippen LogP contribution >= 0.6 is 11.3 Å². The molecule has 0 radical (unpaired) electrons. The van der Waals surface area contributed by atoms with Gasteiger partial charge >= 0.3 is 13.1 Å². The van der Waals surface area contributed by atoms with E-state index in [0.717, 1.165) is 5.01 Å². The molecule has 1 aromatic carbocycles. The summed E-state index contributed by atoms with van der Waals surface area (Å²) in [5.41, 5.74) is 6.88.